The molecule has 3 heteroatoms. The van der Waals surface area contributed by atoms with Crippen molar-refractivity contribution in [1.29, 1.82) is 0 Å². The van der Waals surface area contributed by atoms with E-state index in [1.165, 1.54) is 0 Å². The van der Waals surface area contributed by atoms with Crippen LogP contribution >= 0.6 is 0 Å². The third kappa shape index (κ3) is 4.64. The van der Waals surface area contributed by atoms with Crippen LogP contribution in [0, 0.1) is 0 Å². The van der Waals surface area contributed by atoms with Crippen LogP contribution < -0.4 is 5.32 Å². The topological polar surface area (TPSA) is 41.5 Å². The van der Waals surface area contributed by atoms with E-state index in [9.17, 15) is 5.11 Å². The lowest BCUT2D eigenvalue weighted by molar-refractivity contribution is 0.114. The summed E-state index contributed by atoms with van der Waals surface area (Å²) in [5.41, 5.74) is 1.12. The molecule has 0 aliphatic rings. The van der Waals surface area contributed by atoms with Gasteiger partial charge in [-0.2, -0.15) is 0 Å². The molecule has 0 aliphatic carbocycles. The van der Waals surface area contributed by atoms with Gasteiger partial charge in [-0.3, -0.25) is 0 Å². The third-order valence-corrected chi connectivity index (χ3v) is 2.47. The standard InChI is InChI=1S/C13H21NO2/c1-3-7-16-10-12(14-2)8-11-5-4-6-13(15)9-11/h4-6,9,12,14-15H,3,7-8,10H2,1-2H3. The van der Waals surface area contributed by atoms with Gasteiger partial charge in [-0.25, -0.2) is 0 Å². The molecule has 0 radical (unpaired) electrons. The fourth-order valence-electron chi connectivity index (χ4n) is 1.58. The molecule has 1 rings (SSSR count). The molecule has 1 aromatic carbocycles. The van der Waals surface area contributed by atoms with Gasteiger partial charge in [0.15, 0.2) is 0 Å². The van der Waals surface area contributed by atoms with Crippen LogP contribution in [0.2, 0.25) is 0 Å². The summed E-state index contributed by atoms with van der Waals surface area (Å²) in [5, 5.41) is 12.6. The van der Waals surface area contributed by atoms with Gasteiger partial charge in [0.25, 0.3) is 0 Å². The molecular weight excluding hydrogens is 202 g/mol. The fourth-order valence-corrected chi connectivity index (χ4v) is 1.58. The lowest BCUT2D eigenvalue weighted by Crippen LogP contribution is -2.32. The number of aromatic hydroxyl groups is 1. The summed E-state index contributed by atoms with van der Waals surface area (Å²) in [4.78, 5) is 0. The van der Waals surface area contributed by atoms with E-state index >= 15 is 0 Å². The third-order valence-electron chi connectivity index (χ3n) is 2.47. The van der Waals surface area contributed by atoms with E-state index in [2.05, 4.69) is 12.2 Å². The van der Waals surface area contributed by atoms with Crippen molar-refractivity contribution in [2.45, 2.75) is 25.8 Å². The molecule has 0 amide bonds. The van der Waals surface area contributed by atoms with Crippen molar-refractivity contribution in [3.63, 3.8) is 0 Å². The molecular formula is C13H21NO2. The summed E-state index contributed by atoms with van der Waals surface area (Å²) in [7, 11) is 1.93. The van der Waals surface area contributed by atoms with Crippen molar-refractivity contribution in [3.8, 4) is 5.75 Å². The summed E-state index contributed by atoms with van der Waals surface area (Å²) in [6.07, 6.45) is 1.91. The van der Waals surface area contributed by atoms with Crippen LogP contribution in [0.1, 0.15) is 18.9 Å². The average Bonchev–Trinajstić information content (AvgIpc) is 2.28. The second-order valence-electron chi connectivity index (χ2n) is 3.93. The normalized spacial score (nSPS) is 12.6. The van der Waals surface area contributed by atoms with Gasteiger partial charge in [0.1, 0.15) is 5.75 Å². The Bertz CT molecular complexity index is 302. The number of ether oxygens (including phenoxy) is 1. The molecule has 90 valence electrons. The molecule has 1 atom stereocenters. The lowest BCUT2D eigenvalue weighted by atomic mass is 10.1. The lowest BCUT2D eigenvalue weighted by Gasteiger charge is -2.16. The molecule has 0 aromatic heterocycles. The average molecular weight is 223 g/mol. The minimum Gasteiger partial charge on any atom is -0.508 e. The van der Waals surface area contributed by atoms with Crippen molar-refractivity contribution in [3.05, 3.63) is 29.8 Å². The van der Waals surface area contributed by atoms with E-state index in [-0.39, 0.29) is 0 Å². The zero-order valence-corrected chi connectivity index (χ0v) is 10.1. The highest BCUT2D eigenvalue weighted by atomic mass is 16.5. The van der Waals surface area contributed by atoms with Gasteiger partial charge in [-0.05, 0) is 37.6 Å². The highest BCUT2D eigenvalue weighted by Gasteiger charge is 2.07. The highest BCUT2D eigenvalue weighted by Crippen LogP contribution is 2.12. The Kier molecular flexibility index (Phi) is 5.90. The molecule has 0 saturated carbocycles. The molecule has 1 unspecified atom stereocenters. The summed E-state index contributed by atoms with van der Waals surface area (Å²) in [6, 6.07) is 7.66. The van der Waals surface area contributed by atoms with Gasteiger partial charge in [-0.15, -0.1) is 0 Å². The predicted molar refractivity (Wildman–Crippen MR) is 65.8 cm³/mol. The molecule has 3 nitrogen and oxygen atoms in total. The number of hydrogen-bond donors (Lipinski definition) is 2. The fraction of sp³-hybridized carbons (Fsp3) is 0.538. The summed E-state index contributed by atoms with van der Waals surface area (Å²) >= 11 is 0. The minimum atomic E-state index is 0.299. The maximum Gasteiger partial charge on any atom is 0.115 e. The second kappa shape index (κ2) is 7.25. The van der Waals surface area contributed by atoms with Crippen LogP contribution in [0.5, 0.6) is 5.75 Å². The zero-order valence-electron chi connectivity index (χ0n) is 10.1. The van der Waals surface area contributed by atoms with E-state index in [0.29, 0.717) is 18.4 Å². The highest BCUT2D eigenvalue weighted by molar-refractivity contribution is 5.27. The van der Waals surface area contributed by atoms with Gasteiger partial charge < -0.3 is 15.2 Å². The molecule has 0 spiro atoms. The smallest absolute Gasteiger partial charge is 0.115 e. The first-order valence-corrected chi connectivity index (χ1v) is 5.79. The van der Waals surface area contributed by atoms with E-state index < -0.39 is 0 Å². The summed E-state index contributed by atoms with van der Waals surface area (Å²) in [5.74, 6) is 0.321. The summed E-state index contributed by atoms with van der Waals surface area (Å²) in [6.45, 7) is 3.61. The summed E-state index contributed by atoms with van der Waals surface area (Å²) < 4.78 is 5.51. The molecule has 0 heterocycles. The molecule has 1 aromatic rings. The van der Waals surface area contributed by atoms with Crippen molar-refractivity contribution in [2.24, 2.45) is 0 Å². The van der Waals surface area contributed by atoms with Gasteiger partial charge in [0, 0.05) is 12.6 Å². The molecule has 0 fully saturated rings. The Hall–Kier alpha value is -1.06. The second-order valence-corrected chi connectivity index (χ2v) is 3.93. The van der Waals surface area contributed by atoms with Gasteiger partial charge in [0.05, 0.1) is 6.61 Å². The first-order chi connectivity index (χ1) is 7.76. The SMILES string of the molecule is CCCOCC(Cc1cccc(O)c1)NC. The number of nitrogens with one attached hydrogen (secondary N) is 1. The van der Waals surface area contributed by atoms with Crippen LogP contribution in [0.3, 0.4) is 0 Å². The number of benzene rings is 1. The van der Waals surface area contributed by atoms with Crippen molar-refractivity contribution < 1.29 is 9.84 Å². The Labute approximate surface area is 97.4 Å². The van der Waals surface area contributed by atoms with E-state index in [1.807, 2.05) is 19.2 Å². The number of phenolic OH excluding ortho intramolecular Hbond substituents is 1. The number of hydrogen-bond acceptors (Lipinski definition) is 3. The van der Waals surface area contributed by atoms with Gasteiger partial charge >= 0.3 is 0 Å². The quantitative estimate of drug-likeness (QED) is 0.694. The van der Waals surface area contributed by atoms with Gasteiger partial charge in [0.2, 0.25) is 0 Å². The number of phenols is 1. The van der Waals surface area contributed by atoms with Crippen LogP contribution in [0.25, 0.3) is 0 Å². The predicted octanol–water partition coefficient (Wildman–Crippen LogP) is 1.95. The number of likely N-dealkylation sites (N-methyl/N-ethyl adjacent to an activating group) is 1. The Balaban J connectivity index is 2.43. The number of rotatable bonds is 7. The Morgan fingerprint density at radius 2 is 2.25 bits per heavy atom. The van der Waals surface area contributed by atoms with Crippen LogP contribution in [0.4, 0.5) is 0 Å². The maximum absolute atomic E-state index is 9.36. The first-order valence-electron chi connectivity index (χ1n) is 5.79. The van der Waals surface area contributed by atoms with Crippen molar-refractivity contribution in [2.75, 3.05) is 20.3 Å². The molecule has 2 N–H and O–H groups in total. The largest absolute Gasteiger partial charge is 0.508 e. The van der Waals surface area contributed by atoms with E-state index in [0.717, 1.165) is 25.0 Å². The van der Waals surface area contributed by atoms with Crippen molar-refractivity contribution >= 4 is 0 Å². The molecule has 0 aliphatic heterocycles. The van der Waals surface area contributed by atoms with Crippen LogP contribution in [0.15, 0.2) is 24.3 Å². The van der Waals surface area contributed by atoms with E-state index in [4.69, 9.17) is 4.74 Å². The maximum atomic E-state index is 9.36. The van der Waals surface area contributed by atoms with Crippen LogP contribution in [-0.4, -0.2) is 31.4 Å². The van der Waals surface area contributed by atoms with E-state index in [1.54, 1.807) is 12.1 Å². The van der Waals surface area contributed by atoms with Crippen molar-refractivity contribution in [1.82, 2.24) is 5.32 Å². The monoisotopic (exact) mass is 223 g/mol. The van der Waals surface area contributed by atoms with Gasteiger partial charge in [-0.1, -0.05) is 19.1 Å². The molecule has 0 bridgehead atoms. The first kappa shape index (κ1) is 13.0. The van der Waals surface area contributed by atoms with Crippen LogP contribution in [-0.2, 0) is 11.2 Å². The Morgan fingerprint density at radius 1 is 1.44 bits per heavy atom. The zero-order chi connectivity index (χ0) is 11.8. The molecule has 16 heavy (non-hydrogen) atoms. The Morgan fingerprint density at radius 3 is 2.88 bits per heavy atom. The minimum absolute atomic E-state index is 0.299. The molecule has 0 saturated heterocycles.